The second-order valence-electron chi connectivity index (χ2n) is 9.04. The molecular formula is C27H28N4O2S. The third-order valence-corrected chi connectivity index (χ3v) is 7.80. The highest BCUT2D eigenvalue weighted by molar-refractivity contribution is 7.15. The van der Waals surface area contributed by atoms with E-state index in [1.807, 2.05) is 52.8 Å². The lowest BCUT2D eigenvalue weighted by Crippen LogP contribution is -2.56. The van der Waals surface area contributed by atoms with E-state index in [0.29, 0.717) is 24.3 Å². The predicted molar refractivity (Wildman–Crippen MR) is 136 cm³/mol. The standard InChI is InChI=1S/C27H28N4O2S/c1-16-9-10-20(13-17(16)2)22-7-5-6-8-23(22)26(33)30-12-11-21(30)14-28-25(32)24-19(4)31-18(3)15-34-27(31)29-24/h5-10,13,15,21H,11-12,14H2,1-4H3,(H,28,32)/t21-/m0/s1. The van der Waals surface area contributed by atoms with Crippen LogP contribution in [0.15, 0.2) is 47.8 Å². The van der Waals surface area contributed by atoms with Crippen LogP contribution in [0.3, 0.4) is 0 Å². The molecule has 6 nitrogen and oxygen atoms in total. The first-order valence-electron chi connectivity index (χ1n) is 11.5. The van der Waals surface area contributed by atoms with Crippen LogP contribution in [0, 0.1) is 27.7 Å². The maximum Gasteiger partial charge on any atom is 0.271 e. The fourth-order valence-corrected chi connectivity index (χ4v) is 5.49. The number of rotatable bonds is 5. The summed E-state index contributed by atoms with van der Waals surface area (Å²) in [4.78, 5) is 33.5. The maximum atomic E-state index is 13.5. The van der Waals surface area contributed by atoms with Gasteiger partial charge in [-0.15, -0.1) is 11.3 Å². The molecule has 1 aliphatic heterocycles. The van der Waals surface area contributed by atoms with E-state index in [4.69, 9.17) is 0 Å². The predicted octanol–water partition coefficient (Wildman–Crippen LogP) is 4.94. The molecule has 3 heterocycles. The zero-order valence-corrected chi connectivity index (χ0v) is 20.7. The molecule has 1 aliphatic rings. The number of carbonyl (C=O) groups is 2. The molecule has 7 heteroatoms. The zero-order valence-electron chi connectivity index (χ0n) is 19.9. The molecule has 0 saturated carbocycles. The summed E-state index contributed by atoms with van der Waals surface area (Å²) in [6.07, 6.45) is 0.869. The highest BCUT2D eigenvalue weighted by Gasteiger charge is 2.34. The minimum absolute atomic E-state index is 0.00800. The molecule has 174 valence electrons. The number of carbonyl (C=O) groups excluding carboxylic acids is 2. The lowest BCUT2D eigenvalue weighted by molar-refractivity contribution is 0.0456. The molecule has 0 aliphatic carbocycles. The van der Waals surface area contributed by atoms with Gasteiger partial charge in [-0.1, -0.05) is 36.4 Å². The number of thiazole rings is 1. The van der Waals surface area contributed by atoms with Crippen molar-refractivity contribution < 1.29 is 9.59 Å². The molecule has 0 unspecified atom stereocenters. The monoisotopic (exact) mass is 472 g/mol. The van der Waals surface area contributed by atoms with Crippen molar-refractivity contribution in [3.8, 4) is 11.1 Å². The molecule has 1 atom stereocenters. The molecule has 0 spiro atoms. The van der Waals surface area contributed by atoms with Crippen molar-refractivity contribution in [2.45, 2.75) is 40.2 Å². The number of hydrogen-bond donors (Lipinski definition) is 1. The lowest BCUT2D eigenvalue weighted by Gasteiger charge is -2.41. The van der Waals surface area contributed by atoms with Crippen molar-refractivity contribution >= 4 is 28.1 Å². The molecular weight excluding hydrogens is 444 g/mol. The third kappa shape index (κ3) is 3.80. The smallest absolute Gasteiger partial charge is 0.271 e. The van der Waals surface area contributed by atoms with Crippen molar-refractivity contribution in [3.63, 3.8) is 0 Å². The Labute approximate surface area is 203 Å². The van der Waals surface area contributed by atoms with Gasteiger partial charge in [-0.05, 0) is 62.4 Å². The number of aryl methyl sites for hydroxylation is 4. The summed E-state index contributed by atoms with van der Waals surface area (Å²) in [5.41, 5.74) is 7.48. The Hall–Kier alpha value is -3.45. The van der Waals surface area contributed by atoms with Crippen LogP contribution in [0.1, 0.15) is 49.8 Å². The van der Waals surface area contributed by atoms with Crippen LogP contribution < -0.4 is 5.32 Å². The number of fused-ring (bicyclic) bond motifs is 1. The van der Waals surface area contributed by atoms with E-state index in [-0.39, 0.29) is 17.9 Å². The van der Waals surface area contributed by atoms with Gasteiger partial charge in [0.25, 0.3) is 11.8 Å². The molecule has 4 aromatic rings. The number of aromatic nitrogens is 2. The van der Waals surface area contributed by atoms with Crippen molar-refractivity contribution in [2.75, 3.05) is 13.1 Å². The SMILES string of the molecule is Cc1ccc(-c2ccccc2C(=O)N2CC[C@H]2CNC(=O)c2nc3scc(C)n3c2C)cc1C. The number of likely N-dealkylation sites (tertiary alicyclic amines) is 1. The van der Waals surface area contributed by atoms with Crippen LogP contribution in [-0.4, -0.2) is 45.2 Å². The molecule has 34 heavy (non-hydrogen) atoms. The van der Waals surface area contributed by atoms with Crippen LogP contribution in [0.2, 0.25) is 0 Å². The van der Waals surface area contributed by atoms with Crippen LogP contribution in [0.25, 0.3) is 16.1 Å². The summed E-state index contributed by atoms with van der Waals surface area (Å²) in [6.45, 7) is 9.21. The Morgan fingerprint density at radius 2 is 1.88 bits per heavy atom. The Morgan fingerprint density at radius 3 is 2.59 bits per heavy atom. The largest absolute Gasteiger partial charge is 0.349 e. The van der Waals surface area contributed by atoms with Gasteiger partial charge in [0.05, 0.1) is 11.7 Å². The summed E-state index contributed by atoms with van der Waals surface area (Å²) >= 11 is 1.53. The maximum absolute atomic E-state index is 13.5. The first kappa shape index (κ1) is 22.3. The molecule has 1 saturated heterocycles. The highest BCUT2D eigenvalue weighted by atomic mass is 32.1. The summed E-state index contributed by atoms with van der Waals surface area (Å²) in [5, 5.41) is 5.04. The van der Waals surface area contributed by atoms with Crippen molar-refractivity contribution in [2.24, 2.45) is 0 Å². The lowest BCUT2D eigenvalue weighted by atomic mass is 9.94. The van der Waals surface area contributed by atoms with E-state index >= 15 is 0 Å². The normalized spacial score (nSPS) is 15.4. The number of amides is 2. The van der Waals surface area contributed by atoms with Gasteiger partial charge in [-0.2, -0.15) is 0 Å². The zero-order chi connectivity index (χ0) is 24.0. The van der Waals surface area contributed by atoms with Gasteiger partial charge in [-0.3, -0.25) is 14.0 Å². The van der Waals surface area contributed by atoms with Crippen LogP contribution >= 0.6 is 11.3 Å². The quantitative estimate of drug-likeness (QED) is 0.447. The van der Waals surface area contributed by atoms with E-state index < -0.39 is 0 Å². The number of nitrogens with zero attached hydrogens (tertiary/aromatic N) is 3. The Kier molecular flexibility index (Phi) is 5.73. The molecule has 0 radical (unpaired) electrons. The first-order valence-corrected chi connectivity index (χ1v) is 12.4. The number of imidazole rings is 1. The topological polar surface area (TPSA) is 66.7 Å². The van der Waals surface area contributed by atoms with Crippen molar-refractivity contribution in [1.29, 1.82) is 0 Å². The number of nitrogens with one attached hydrogen (secondary N) is 1. The fourth-order valence-electron chi connectivity index (χ4n) is 4.58. The number of benzene rings is 2. The highest BCUT2D eigenvalue weighted by Crippen LogP contribution is 2.29. The van der Waals surface area contributed by atoms with E-state index in [1.165, 1.54) is 22.5 Å². The molecule has 2 amide bonds. The average Bonchev–Trinajstić information content (AvgIpc) is 3.34. The molecule has 2 aromatic heterocycles. The second kappa shape index (κ2) is 8.72. The Morgan fingerprint density at radius 1 is 1.09 bits per heavy atom. The van der Waals surface area contributed by atoms with Gasteiger partial charge in [-0.25, -0.2) is 4.98 Å². The minimum atomic E-state index is -0.192. The first-order chi connectivity index (χ1) is 16.3. The average molecular weight is 473 g/mol. The van der Waals surface area contributed by atoms with Gasteiger partial charge < -0.3 is 10.2 Å². The summed E-state index contributed by atoms with van der Waals surface area (Å²) < 4.78 is 2.00. The van der Waals surface area contributed by atoms with E-state index in [2.05, 4.69) is 42.3 Å². The molecule has 1 fully saturated rings. The molecule has 2 aromatic carbocycles. The molecule has 0 bridgehead atoms. The minimum Gasteiger partial charge on any atom is -0.349 e. The van der Waals surface area contributed by atoms with Crippen molar-refractivity contribution in [1.82, 2.24) is 19.6 Å². The van der Waals surface area contributed by atoms with Gasteiger partial charge >= 0.3 is 0 Å². The van der Waals surface area contributed by atoms with Gasteiger partial charge in [0.2, 0.25) is 0 Å². The second-order valence-corrected chi connectivity index (χ2v) is 9.87. The van der Waals surface area contributed by atoms with Gasteiger partial charge in [0.1, 0.15) is 0 Å². The summed E-state index contributed by atoms with van der Waals surface area (Å²) in [7, 11) is 0. The Balaban J connectivity index is 1.30. The van der Waals surface area contributed by atoms with E-state index in [9.17, 15) is 9.59 Å². The molecule has 1 N–H and O–H groups in total. The molecule has 5 rings (SSSR count). The van der Waals surface area contributed by atoms with Gasteiger partial charge in [0, 0.05) is 29.7 Å². The summed E-state index contributed by atoms with van der Waals surface area (Å²) in [5.74, 6) is -0.184. The van der Waals surface area contributed by atoms with Crippen molar-refractivity contribution in [3.05, 3.63) is 81.6 Å². The van der Waals surface area contributed by atoms with Gasteiger partial charge in [0.15, 0.2) is 10.7 Å². The van der Waals surface area contributed by atoms with E-state index in [1.54, 1.807) is 0 Å². The van der Waals surface area contributed by atoms with Crippen LogP contribution in [-0.2, 0) is 0 Å². The van der Waals surface area contributed by atoms with Crippen LogP contribution in [0.5, 0.6) is 0 Å². The van der Waals surface area contributed by atoms with Crippen LogP contribution in [0.4, 0.5) is 0 Å². The third-order valence-electron chi connectivity index (χ3n) is 6.86. The Bertz CT molecular complexity index is 1420. The fraction of sp³-hybridized carbons (Fsp3) is 0.296. The summed E-state index contributed by atoms with van der Waals surface area (Å²) in [6, 6.07) is 14.1. The number of hydrogen-bond acceptors (Lipinski definition) is 4. The van der Waals surface area contributed by atoms with E-state index in [0.717, 1.165) is 33.9 Å².